The Balaban J connectivity index is 1.49. The average Bonchev–Trinajstić information content (AvgIpc) is 3.23. The molecule has 0 aliphatic carbocycles. The largest absolute Gasteiger partial charge is 0.472 e. The fraction of sp³-hybridized carbons (Fsp3) is 0.353. The van der Waals surface area contributed by atoms with E-state index in [9.17, 15) is 4.79 Å². The molecule has 0 bridgehead atoms. The Morgan fingerprint density at radius 1 is 1.35 bits per heavy atom. The Labute approximate surface area is 158 Å². The average molecular weight is 417 g/mol. The zero-order valence-electron chi connectivity index (χ0n) is 14.4. The van der Waals surface area contributed by atoms with Gasteiger partial charge in [-0.05, 0) is 48.0 Å². The van der Waals surface area contributed by atoms with Gasteiger partial charge in [0, 0.05) is 30.6 Å². The van der Waals surface area contributed by atoms with E-state index < -0.39 is 0 Å². The maximum atomic E-state index is 12.8. The van der Waals surface area contributed by atoms with Crippen LogP contribution in [0.3, 0.4) is 0 Å². The van der Waals surface area contributed by atoms with Gasteiger partial charge in [0.15, 0.2) is 0 Å². The lowest BCUT2D eigenvalue weighted by Gasteiger charge is -2.15. The molecule has 9 heteroatoms. The minimum absolute atomic E-state index is 0.107. The van der Waals surface area contributed by atoms with Gasteiger partial charge < -0.3 is 9.64 Å². The number of pyridine rings is 1. The molecule has 4 rings (SSSR count). The van der Waals surface area contributed by atoms with Crippen LogP contribution in [0.2, 0.25) is 0 Å². The summed E-state index contributed by atoms with van der Waals surface area (Å²) in [6, 6.07) is 5.60. The van der Waals surface area contributed by atoms with Crippen molar-refractivity contribution in [3.8, 4) is 5.88 Å². The zero-order valence-corrected chi connectivity index (χ0v) is 16.0. The van der Waals surface area contributed by atoms with Crippen LogP contribution in [0.15, 0.2) is 28.9 Å². The van der Waals surface area contributed by atoms with E-state index >= 15 is 0 Å². The molecule has 1 atom stereocenters. The molecule has 1 aliphatic heterocycles. The number of rotatable bonds is 3. The molecule has 3 aromatic heterocycles. The van der Waals surface area contributed by atoms with Crippen molar-refractivity contribution in [3.05, 3.63) is 46.1 Å². The second kappa shape index (κ2) is 6.64. The molecule has 1 aliphatic rings. The molecular weight excluding hydrogens is 400 g/mol. The van der Waals surface area contributed by atoms with Crippen LogP contribution in [0.4, 0.5) is 0 Å². The molecule has 26 heavy (non-hydrogen) atoms. The van der Waals surface area contributed by atoms with Gasteiger partial charge in [-0.2, -0.15) is 4.98 Å². The van der Waals surface area contributed by atoms with Gasteiger partial charge in [0.25, 0.3) is 11.7 Å². The maximum Gasteiger partial charge on any atom is 0.293 e. The van der Waals surface area contributed by atoms with Crippen LogP contribution in [0.5, 0.6) is 5.88 Å². The SMILES string of the molecule is Cc1cc(C)n2nc(C(=O)N3CCC(Oc4ncccc4Br)C3)nc2n1. The molecule has 8 nitrogen and oxygen atoms in total. The lowest BCUT2D eigenvalue weighted by molar-refractivity contribution is 0.0759. The van der Waals surface area contributed by atoms with Crippen molar-refractivity contribution in [3.63, 3.8) is 0 Å². The highest BCUT2D eigenvalue weighted by Gasteiger charge is 2.31. The normalized spacial score (nSPS) is 17.0. The maximum absolute atomic E-state index is 12.8. The van der Waals surface area contributed by atoms with Crippen LogP contribution in [-0.4, -0.2) is 54.6 Å². The third-order valence-electron chi connectivity index (χ3n) is 4.24. The topological polar surface area (TPSA) is 85.5 Å². The number of aromatic nitrogens is 5. The van der Waals surface area contributed by atoms with Crippen LogP contribution in [0.1, 0.15) is 28.4 Å². The van der Waals surface area contributed by atoms with Crippen molar-refractivity contribution in [1.82, 2.24) is 29.5 Å². The summed E-state index contributed by atoms with van der Waals surface area (Å²) in [5, 5.41) is 4.31. The predicted octanol–water partition coefficient (Wildman–Crippen LogP) is 2.19. The Kier molecular flexibility index (Phi) is 4.31. The number of carbonyl (C=O) groups is 1. The second-order valence-corrected chi connectivity index (χ2v) is 7.11. The number of halogens is 1. The molecular formula is C17H17BrN6O2. The highest BCUT2D eigenvalue weighted by molar-refractivity contribution is 9.10. The lowest BCUT2D eigenvalue weighted by atomic mass is 10.3. The van der Waals surface area contributed by atoms with Gasteiger partial charge in [0.1, 0.15) is 6.10 Å². The van der Waals surface area contributed by atoms with Crippen LogP contribution >= 0.6 is 15.9 Å². The Morgan fingerprint density at radius 3 is 3.00 bits per heavy atom. The van der Waals surface area contributed by atoms with Crippen LogP contribution < -0.4 is 4.74 Å². The van der Waals surface area contributed by atoms with Gasteiger partial charge >= 0.3 is 0 Å². The van der Waals surface area contributed by atoms with Gasteiger partial charge in [-0.3, -0.25) is 4.79 Å². The number of amides is 1. The first-order valence-corrected chi connectivity index (χ1v) is 9.08. The molecule has 1 amide bonds. The molecule has 1 fully saturated rings. The summed E-state index contributed by atoms with van der Waals surface area (Å²) in [5.41, 5.74) is 1.73. The molecule has 134 valence electrons. The lowest BCUT2D eigenvalue weighted by Crippen LogP contribution is -2.31. The summed E-state index contributed by atoms with van der Waals surface area (Å²) in [4.78, 5) is 27.3. The summed E-state index contributed by atoms with van der Waals surface area (Å²) < 4.78 is 8.29. The molecule has 0 aromatic carbocycles. The first kappa shape index (κ1) is 16.9. The van der Waals surface area contributed by atoms with Crippen LogP contribution in [0.25, 0.3) is 5.78 Å². The summed E-state index contributed by atoms with van der Waals surface area (Å²) >= 11 is 3.42. The van der Waals surface area contributed by atoms with E-state index in [1.165, 1.54) is 0 Å². The zero-order chi connectivity index (χ0) is 18.3. The summed E-state index contributed by atoms with van der Waals surface area (Å²) in [6.07, 6.45) is 2.30. The monoisotopic (exact) mass is 416 g/mol. The van der Waals surface area contributed by atoms with Crippen molar-refractivity contribution >= 4 is 27.6 Å². The van der Waals surface area contributed by atoms with Crippen molar-refractivity contribution < 1.29 is 9.53 Å². The van der Waals surface area contributed by atoms with E-state index in [1.807, 2.05) is 32.0 Å². The summed E-state index contributed by atoms with van der Waals surface area (Å²) in [7, 11) is 0. The van der Waals surface area contributed by atoms with Gasteiger partial charge in [-0.25, -0.2) is 14.5 Å². The first-order valence-electron chi connectivity index (χ1n) is 8.29. The third kappa shape index (κ3) is 3.14. The van der Waals surface area contributed by atoms with Crippen molar-refractivity contribution in [2.24, 2.45) is 0 Å². The number of hydrogen-bond donors (Lipinski definition) is 0. The molecule has 3 aromatic rings. The highest BCUT2D eigenvalue weighted by Crippen LogP contribution is 2.25. The summed E-state index contributed by atoms with van der Waals surface area (Å²) in [5.74, 6) is 0.924. The van der Waals surface area contributed by atoms with Crippen molar-refractivity contribution in [2.45, 2.75) is 26.4 Å². The van der Waals surface area contributed by atoms with E-state index in [0.717, 1.165) is 22.3 Å². The quantitative estimate of drug-likeness (QED) is 0.650. The van der Waals surface area contributed by atoms with Gasteiger partial charge in [0.2, 0.25) is 11.7 Å². The van der Waals surface area contributed by atoms with Crippen LogP contribution in [0, 0.1) is 13.8 Å². The van der Waals surface area contributed by atoms with Crippen LogP contribution in [-0.2, 0) is 0 Å². The minimum atomic E-state index is -0.210. The fourth-order valence-electron chi connectivity index (χ4n) is 3.02. The highest BCUT2D eigenvalue weighted by atomic mass is 79.9. The Hall–Kier alpha value is -2.55. The molecule has 1 unspecified atom stereocenters. The number of likely N-dealkylation sites (tertiary alicyclic amines) is 1. The predicted molar refractivity (Wildman–Crippen MR) is 97.1 cm³/mol. The van der Waals surface area contributed by atoms with E-state index in [1.54, 1.807) is 15.6 Å². The number of ether oxygens (including phenoxy) is 1. The minimum Gasteiger partial charge on any atom is -0.472 e. The summed E-state index contributed by atoms with van der Waals surface area (Å²) in [6.45, 7) is 4.87. The third-order valence-corrected chi connectivity index (χ3v) is 4.85. The first-order chi connectivity index (χ1) is 12.5. The van der Waals surface area contributed by atoms with Gasteiger partial charge in [-0.15, -0.1) is 5.10 Å². The van der Waals surface area contributed by atoms with Gasteiger partial charge in [0.05, 0.1) is 11.0 Å². The number of carbonyl (C=O) groups excluding carboxylic acids is 1. The van der Waals surface area contributed by atoms with E-state index in [4.69, 9.17) is 4.74 Å². The van der Waals surface area contributed by atoms with E-state index in [-0.39, 0.29) is 17.8 Å². The number of fused-ring (bicyclic) bond motifs is 1. The van der Waals surface area contributed by atoms with Gasteiger partial charge in [-0.1, -0.05) is 0 Å². The standard InChI is InChI=1S/C17H17BrN6O2/c1-10-8-11(2)24-17(20-10)21-14(22-24)16(25)23-7-5-12(9-23)26-15-13(18)4-3-6-19-15/h3-4,6,8,12H,5,7,9H2,1-2H3. The number of nitrogens with zero attached hydrogens (tertiary/aromatic N) is 6. The molecule has 0 saturated carbocycles. The smallest absolute Gasteiger partial charge is 0.293 e. The molecule has 0 spiro atoms. The Morgan fingerprint density at radius 2 is 2.19 bits per heavy atom. The van der Waals surface area contributed by atoms with E-state index in [2.05, 4.69) is 36.0 Å². The fourth-order valence-corrected chi connectivity index (χ4v) is 3.37. The number of hydrogen-bond acceptors (Lipinski definition) is 6. The molecule has 1 saturated heterocycles. The van der Waals surface area contributed by atoms with E-state index in [0.29, 0.717) is 24.7 Å². The molecule has 4 heterocycles. The molecule has 0 N–H and O–H groups in total. The molecule has 0 radical (unpaired) electrons. The van der Waals surface area contributed by atoms with Crippen molar-refractivity contribution in [2.75, 3.05) is 13.1 Å². The number of aryl methyl sites for hydroxylation is 2. The Bertz CT molecular complexity index is 989. The van der Waals surface area contributed by atoms with Crippen molar-refractivity contribution in [1.29, 1.82) is 0 Å². The second-order valence-electron chi connectivity index (χ2n) is 6.26.